The number of aryl methyl sites for hydroxylation is 1. The Kier molecular flexibility index (Phi) is 5.18. The van der Waals surface area contributed by atoms with Crippen molar-refractivity contribution in [3.05, 3.63) is 28.1 Å². The first-order valence-electron chi connectivity index (χ1n) is 8.88. The Labute approximate surface area is 147 Å². The Morgan fingerprint density at radius 2 is 1.96 bits per heavy atom. The van der Waals surface area contributed by atoms with E-state index in [2.05, 4.69) is 23.8 Å². The van der Waals surface area contributed by atoms with E-state index in [9.17, 15) is 9.90 Å². The van der Waals surface area contributed by atoms with Crippen molar-refractivity contribution in [2.24, 2.45) is 0 Å². The summed E-state index contributed by atoms with van der Waals surface area (Å²) >= 11 is 0. The number of rotatable bonds is 5. The summed E-state index contributed by atoms with van der Waals surface area (Å²) in [6, 6.07) is 3.07. The molecule has 1 fully saturated rings. The van der Waals surface area contributed by atoms with Gasteiger partial charge in [-0.1, -0.05) is 13.3 Å². The Hall–Kier alpha value is -2.21. The molecule has 6 heteroatoms. The summed E-state index contributed by atoms with van der Waals surface area (Å²) in [7, 11) is 2.08. The maximum absolute atomic E-state index is 12.6. The van der Waals surface area contributed by atoms with Crippen molar-refractivity contribution in [3.63, 3.8) is 0 Å². The Morgan fingerprint density at radius 1 is 1.24 bits per heavy atom. The molecular formula is C19H26N2O4. The number of hydrogen-bond acceptors (Lipinski definition) is 6. The van der Waals surface area contributed by atoms with Gasteiger partial charge in [-0.05, 0) is 26.0 Å². The Morgan fingerprint density at radius 3 is 2.64 bits per heavy atom. The fraction of sp³-hybridized carbons (Fsp3) is 0.526. The van der Waals surface area contributed by atoms with Gasteiger partial charge in [-0.3, -0.25) is 0 Å². The van der Waals surface area contributed by atoms with Gasteiger partial charge in [0.1, 0.15) is 22.8 Å². The molecule has 1 N–H and O–H groups in total. The Balaban J connectivity index is 2.08. The average molecular weight is 346 g/mol. The number of phenols is 1. The third-order valence-corrected chi connectivity index (χ3v) is 4.75. The molecule has 0 aliphatic carbocycles. The standard InChI is InChI=1S/C19H26N2O4/c1-4-5-10-24-15-11-14(22)12-16-17(15)13(2)18(19(23)25-16)21-8-6-20(3)7-9-21/h11-12,22H,4-10H2,1-3H3. The molecule has 1 aromatic heterocycles. The second-order valence-electron chi connectivity index (χ2n) is 6.67. The van der Waals surface area contributed by atoms with Crippen molar-refractivity contribution in [1.82, 2.24) is 4.90 Å². The quantitative estimate of drug-likeness (QED) is 0.663. The third kappa shape index (κ3) is 3.58. The van der Waals surface area contributed by atoms with E-state index in [-0.39, 0.29) is 11.4 Å². The smallest absolute Gasteiger partial charge is 0.360 e. The molecule has 0 spiro atoms. The molecule has 1 aliphatic heterocycles. The van der Waals surface area contributed by atoms with Crippen LogP contribution in [0.15, 0.2) is 21.3 Å². The van der Waals surface area contributed by atoms with Gasteiger partial charge >= 0.3 is 5.63 Å². The second kappa shape index (κ2) is 7.35. The summed E-state index contributed by atoms with van der Waals surface area (Å²) in [5.74, 6) is 0.606. The van der Waals surface area contributed by atoms with E-state index in [1.165, 1.54) is 6.07 Å². The summed E-state index contributed by atoms with van der Waals surface area (Å²) in [6.45, 7) is 7.99. The maximum atomic E-state index is 12.6. The fourth-order valence-electron chi connectivity index (χ4n) is 3.28. The molecule has 1 aliphatic rings. The zero-order chi connectivity index (χ0) is 18.0. The normalized spacial score (nSPS) is 15.7. The molecule has 2 aromatic rings. The SMILES string of the molecule is CCCCOc1cc(O)cc2oc(=O)c(N3CCN(C)CC3)c(C)c12. The van der Waals surface area contributed by atoms with E-state index in [1.807, 2.05) is 6.92 Å². The summed E-state index contributed by atoms with van der Waals surface area (Å²) in [4.78, 5) is 16.9. The van der Waals surface area contributed by atoms with Crippen LogP contribution in [-0.2, 0) is 0 Å². The monoisotopic (exact) mass is 346 g/mol. The second-order valence-corrected chi connectivity index (χ2v) is 6.67. The molecule has 6 nitrogen and oxygen atoms in total. The molecule has 1 saturated heterocycles. The highest BCUT2D eigenvalue weighted by Gasteiger charge is 2.23. The summed E-state index contributed by atoms with van der Waals surface area (Å²) < 4.78 is 11.4. The number of fused-ring (bicyclic) bond motifs is 1. The van der Waals surface area contributed by atoms with Crippen LogP contribution in [-0.4, -0.2) is 49.8 Å². The summed E-state index contributed by atoms with van der Waals surface area (Å²) in [5, 5.41) is 10.7. The summed E-state index contributed by atoms with van der Waals surface area (Å²) in [5.41, 5.74) is 1.46. The Bertz CT molecular complexity index is 807. The molecular weight excluding hydrogens is 320 g/mol. The highest BCUT2D eigenvalue weighted by atomic mass is 16.5. The van der Waals surface area contributed by atoms with Gasteiger partial charge in [0.25, 0.3) is 0 Å². The van der Waals surface area contributed by atoms with Gasteiger partial charge in [0, 0.05) is 38.3 Å². The van der Waals surface area contributed by atoms with Gasteiger partial charge in [0.15, 0.2) is 0 Å². The van der Waals surface area contributed by atoms with Gasteiger partial charge in [-0.15, -0.1) is 0 Å². The van der Waals surface area contributed by atoms with Crippen LogP contribution in [0.5, 0.6) is 11.5 Å². The van der Waals surface area contributed by atoms with Gasteiger partial charge in [-0.25, -0.2) is 4.79 Å². The first-order valence-corrected chi connectivity index (χ1v) is 8.88. The van der Waals surface area contributed by atoms with Gasteiger partial charge in [0.2, 0.25) is 0 Å². The molecule has 0 amide bonds. The number of piperazine rings is 1. The van der Waals surface area contributed by atoms with Gasteiger partial charge in [0.05, 0.1) is 12.0 Å². The molecule has 0 radical (unpaired) electrons. The van der Waals surface area contributed by atoms with Crippen molar-refractivity contribution < 1.29 is 14.3 Å². The molecule has 3 rings (SSSR count). The van der Waals surface area contributed by atoms with Crippen molar-refractivity contribution in [2.75, 3.05) is 44.7 Å². The number of unbranched alkanes of at least 4 members (excludes halogenated alkanes) is 1. The van der Waals surface area contributed by atoms with Crippen LogP contribution in [0.4, 0.5) is 5.69 Å². The molecule has 25 heavy (non-hydrogen) atoms. The largest absolute Gasteiger partial charge is 0.508 e. The van der Waals surface area contributed by atoms with E-state index in [0.717, 1.165) is 50.0 Å². The molecule has 136 valence electrons. The van der Waals surface area contributed by atoms with Crippen LogP contribution in [0.3, 0.4) is 0 Å². The predicted octanol–water partition coefficient (Wildman–Crippen LogP) is 2.74. The highest BCUT2D eigenvalue weighted by Crippen LogP contribution is 2.36. The van der Waals surface area contributed by atoms with Crippen LogP contribution in [0.2, 0.25) is 0 Å². The highest BCUT2D eigenvalue weighted by molar-refractivity contribution is 5.91. The number of anilines is 1. The van der Waals surface area contributed by atoms with Crippen molar-refractivity contribution in [3.8, 4) is 11.5 Å². The van der Waals surface area contributed by atoms with E-state index >= 15 is 0 Å². The zero-order valence-corrected chi connectivity index (χ0v) is 15.2. The van der Waals surface area contributed by atoms with E-state index in [4.69, 9.17) is 9.15 Å². The number of aromatic hydroxyl groups is 1. The topological polar surface area (TPSA) is 66.2 Å². The van der Waals surface area contributed by atoms with Crippen LogP contribution in [0.25, 0.3) is 11.0 Å². The maximum Gasteiger partial charge on any atom is 0.360 e. The number of phenolic OH excluding ortho intramolecular Hbond substituents is 1. The number of hydrogen-bond donors (Lipinski definition) is 1. The van der Waals surface area contributed by atoms with Gasteiger partial charge < -0.3 is 24.1 Å². The van der Waals surface area contributed by atoms with E-state index in [1.54, 1.807) is 6.07 Å². The van der Waals surface area contributed by atoms with E-state index < -0.39 is 0 Å². The minimum Gasteiger partial charge on any atom is -0.508 e. The third-order valence-electron chi connectivity index (χ3n) is 4.75. The van der Waals surface area contributed by atoms with Crippen molar-refractivity contribution in [1.29, 1.82) is 0 Å². The minimum atomic E-state index is -0.361. The minimum absolute atomic E-state index is 0.0360. The van der Waals surface area contributed by atoms with Gasteiger partial charge in [-0.2, -0.15) is 0 Å². The lowest BCUT2D eigenvalue weighted by molar-refractivity contribution is 0.309. The lowest BCUT2D eigenvalue weighted by atomic mass is 10.1. The fourth-order valence-corrected chi connectivity index (χ4v) is 3.28. The molecule has 0 atom stereocenters. The predicted molar refractivity (Wildman–Crippen MR) is 99.0 cm³/mol. The first-order chi connectivity index (χ1) is 12.0. The number of benzene rings is 1. The molecule has 0 bridgehead atoms. The molecule has 0 unspecified atom stereocenters. The van der Waals surface area contributed by atoms with Crippen LogP contribution < -0.4 is 15.3 Å². The molecule has 1 aromatic carbocycles. The number of likely N-dealkylation sites (N-methyl/N-ethyl adjacent to an activating group) is 1. The molecule has 0 saturated carbocycles. The number of nitrogens with zero attached hydrogens (tertiary/aromatic N) is 2. The van der Waals surface area contributed by atoms with Crippen molar-refractivity contribution >= 4 is 16.7 Å². The first kappa shape index (κ1) is 17.6. The zero-order valence-electron chi connectivity index (χ0n) is 15.2. The number of ether oxygens (including phenoxy) is 1. The lowest BCUT2D eigenvalue weighted by Gasteiger charge is -2.34. The molecule has 2 heterocycles. The lowest BCUT2D eigenvalue weighted by Crippen LogP contribution is -2.46. The van der Waals surface area contributed by atoms with Crippen LogP contribution in [0, 0.1) is 6.92 Å². The average Bonchev–Trinajstić information content (AvgIpc) is 2.56. The van der Waals surface area contributed by atoms with Crippen LogP contribution in [0.1, 0.15) is 25.3 Å². The van der Waals surface area contributed by atoms with E-state index in [0.29, 0.717) is 23.6 Å². The van der Waals surface area contributed by atoms with Crippen LogP contribution >= 0.6 is 0 Å². The van der Waals surface area contributed by atoms with Crippen molar-refractivity contribution in [2.45, 2.75) is 26.7 Å². The summed E-state index contributed by atoms with van der Waals surface area (Å²) in [6.07, 6.45) is 1.95.